The van der Waals surface area contributed by atoms with Gasteiger partial charge in [0.15, 0.2) is 9.84 Å². The van der Waals surface area contributed by atoms with Gasteiger partial charge < -0.3 is 11.1 Å². The molecular formula is C16H26N2O3S. The third kappa shape index (κ3) is 6.58. The maximum Gasteiger partial charge on any atom is 0.237 e. The first-order chi connectivity index (χ1) is 10.1. The number of carbonyl (C=O) groups excluding carboxylic acids is 1. The van der Waals surface area contributed by atoms with Crippen LogP contribution in [-0.2, 0) is 20.4 Å². The number of nitrogens with one attached hydrogen (secondary N) is 1. The summed E-state index contributed by atoms with van der Waals surface area (Å²) in [6.07, 6.45) is 0.387. The summed E-state index contributed by atoms with van der Waals surface area (Å²) < 4.78 is 24.0. The molecule has 1 aromatic rings. The second kappa shape index (κ2) is 7.74. The molecule has 0 spiro atoms. The molecule has 0 bridgehead atoms. The van der Waals surface area contributed by atoms with E-state index in [0.717, 1.165) is 5.56 Å². The number of hydrogen-bond acceptors (Lipinski definition) is 4. The Hall–Kier alpha value is -1.40. The third-order valence-electron chi connectivity index (χ3n) is 3.38. The minimum Gasteiger partial charge on any atom is -0.355 e. The number of carbonyl (C=O) groups is 1. The minimum atomic E-state index is -3.16. The normalized spacial score (nSPS) is 13.6. The van der Waals surface area contributed by atoms with E-state index in [2.05, 4.69) is 5.32 Å². The molecule has 3 N–H and O–H groups in total. The van der Waals surface area contributed by atoms with Crippen molar-refractivity contribution in [3.8, 4) is 0 Å². The quantitative estimate of drug-likeness (QED) is 0.743. The first-order valence-electron chi connectivity index (χ1n) is 7.39. The van der Waals surface area contributed by atoms with E-state index in [0.29, 0.717) is 13.0 Å². The second-order valence-electron chi connectivity index (χ2n) is 6.57. The molecule has 0 radical (unpaired) electrons. The predicted octanol–water partition coefficient (Wildman–Crippen LogP) is 1.48. The zero-order chi connectivity index (χ0) is 16.8. The van der Waals surface area contributed by atoms with Gasteiger partial charge in [-0.3, -0.25) is 4.79 Å². The molecule has 1 atom stereocenters. The lowest BCUT2D eigenvalue weighted by Gasteiger charge is -2.25. The largest absolute Gasteiger partial charge is 0.355 e. The Labute approximate surface area is 133 Å². The second-order valence-corrected chi connectivity index (χ2v) is 8.75. The molecule has 0 aliphatic heterocycles. The first kappa shape index (κ1) is 18.6. The monoisotopic (exact) mass is 326 g/mol. The zero-order valence-corrected chi connectivity index (χ0v) is 14.3. The lowest BCUT2D eigenvalue weighted by atomic mass is 9.87. The summed E-state index contributed by atoms with van der Waals surface area (Å²) in [7, 11) is -3.16. The van der Waals surface area contributed by atoms with Crippen molar-refractivity contribution >= 4 is 15.7 Å². The van der Waals surface area contributed by atoms with Crippen LogP contribution >= 0.6 is 0 Å². The molecule has 5 nitrogen and oxygen atoms in total. The van der Waals surface area contributed by atoms with Crippen molar-refractivity contribution in [1.82, 2.24) is 5.32 Å². The Balaban J connectivity index is 2.36. The number of sulfone groups is 1. The van der Waals surface area contributed by atoms with Crippen LogP contribution in [-0.4, -0.2) is 32.7 Å². The van der Waals surface area contributed by atoms with Crippen LogP contribution in [0, 0.1) is 5.41 Å². The van der Waals surface area contributed by atoms with Gasteiger partial charge in [-0.05, 0) is 17.4 Å². The Morgan fingerprint density at radius 3 is 2.36 bits per heavy atom. The highest BCUT2D eigenvalue weighted by Gasteiger charge is 2.27. The van der Waals surface area contributed by atoms with Crippen LogP contribution in [0.25, 0.3) is 0 Å². The number of nitrogens with two attached hydrogens (primary N) is 1. The van der Waals surface area contributed by atoms with E-state index in [1.807, 2.05) is 39.0 Å². The summed E-state index contributed by atoms with van der Waals surface area (Å²) in [5.74, 6) is -0.163. The highest BCUT2D eigenvalue weighted by Crippen LogP contribution is 2.17. The molecule has 0 unspecified atom stereocenters. The van der Waals surface area contributed by atoms with E-state index in [-0.39, 0.29) is 22.8 Å². The summed E-state index contributed by atoms with van der Waals surface area (Å²) in [5, 5.41) is 2.70. The fourth-order valence-electron chi connectivity index (χ4n) is 1.91. The molecule has 1 amide bonds. The van der Waals surface area contributed by atoms with Gasteiger partial charge in [-0.25, -0.2) is 8.42 Å². The van der Waals surface area contributed by atoms with E-state index in [1.165, 1.54) is 0 Å². The highest BCUT2D eigenvalue weighted by molar-refractivity contribution is 7.90. The van der Waals surface area contributed by atoms with Gasteiger partial charge in [-0.2, -0.15) is 0 Å². The van der Waals surface area contributed by atoms with Gasteiger partial charge >= 0.3 is 0 Å². The Kier molecular flexibility index (Phi) is 6.56. The Morgan fingerprint density at radius 1 is 1.23 bits per heavy atom. The van der Waals surface area contributed by atoms with Gasteiger partial charge in [0, 0.05) is 6.54 Å². The number of hydrogen-bond donors (Lipinski definition) is 2. The zero-order valence-electron chi connectivity index (χ0n) is 13.5. The van der Waals surface area contributed by atoms with Crippen molar-refractivity contribution in [2.45, 2.75) is 39.0 Å². The summed E-state index contributed by atoms with van der Waals surface area (Å²) in [6.45, 7) is 5.99. The van der Waals surface area contributed by atoms with E-state index in [4.69, 9.17) is 5.73 Å². The van der Waals surface area contributed by atoms with Gasteiger partial charge in [-0.15, -0.1) is 0 Å². The van der Waals surface area contributed by atoms with Crippen LogP contribution in [0.2, 0.25) is 0 Å². The predicted molar refractivity (Wildman–Crippen MR) is 89.0 cm³/mol. The molecule has 0 aromatic heterocycles. The fraction of sp³-hybridized carbons (Fsp3) is 0.562. The summed E-state index contributed by atoms with van der Waals surface area (Å²) in [6, 6.07) is 8.47. The molecule has 0 aliphatic carbocycles. The van der Waals surface area contributed by atoms with Crippen molar-refractivity contribution in [3.63, 3.8) is 0 Å². The molecule has 0 saturated carbocycles. The smallest absolute Gasteiger partial charge is 0.237 e. The fourth-order valence-corrected chi connectivity index (χ4v) is 3.34. The molecule has 0 fully saturated rings. The number of rotatable bonds is 7. The molecular weight excluding hydrogens is 300 g/mol. The molecule has 1 rings (SSSR count). The molecule has 1 aromatic carbocycles. The molecule has 0 aliphatic rings. The lowest BCUT2D eigenvalue weighted by Crippen LogP contribution is -2.48. The van der Waals surface area contributed by atoms with E-state index < -0.39 is 15.9 Å². The average Bonchev–Trinajstić information content (AvgIpc) is 2.42. The van der Waals surface area contributed by atoms with Gasteiger partial charge in [0.1, 0.15) is 0 Å². The van der Waals surface area contributed by atoms with Crippen molar-refractivity contribution in [3.05, 3.63) is 35.9 Å². The lowest BCUT2D eigenvalue weighted by molar-refractivity contribution is -0.124. The Bertz CT molecular complexity index is 577. The third-order valence-corrected chi connectivity index (χ3v) is 5.06. The van der Waals surface area contributed by atoms with Crippen molar-refractivity contribution in [2.75, 3.05) is 12.3 Å². The molecule has 0 heterocycles. The maximum atomic E-state index is 12.0. The van der Waals surface area contributed by atoms with Crippen molar-refractivity contribution in [2.24, 2.45) is 11.1 Å². The van der Waals surface area contributed by atoms with Gasteiger partial charge in [0.05, 0.1) is 17.5 Å². The minimum absolute atomic E-state index is 0.0310. The van der Waals surface area contributed by atoms with E-state index >= 15 is 0 Å². The van der Waals surface area contributed by atoms with Crippen LogP contribution in [0.4, 0.5) is 0 Å². The number of benzene rings is 1. The summed E-state index contributed by atoms with van der Waals surface area (Å²) in [5.41, 5.74) is 6.30. The molecule has 6 heteroatoms. The summed E-state index contributed by atoms with van der Waals surface area (Å²) in [4.78, 5) is 11.8. The van der Waals surface area contributed by atoms with Crippen LogP contribution < -0.4 is 11.1 Å². The number of amides is 1. The first-order valence-corrected chi connectivity index (χ1v) is 9.21. The summed E-state index contributed by atoms with van der Waals surface area (Å²) >= 11 is 0. The highest BCUT2D eigenvalue weighted by atomic mass is 32.2. The Morgan fingerprint density at radius 2 is 1.82 bits per heavy atom. The van der Waals surface area contributed by atoms with Crippen molar-refractivity contribution < 1.29 is 13.2 Å². The van der Waals surface area contributed by atoms with Crippen LogP contribution in [0.5, 0.6) is 0 Å². The van der Waals surface area contributed by atoms with Crippen LogP contribution in [0.3, 0.4) is 0 Å². The van der Waals surface area contributed by atoms with Gasteiger partial charge in [-0.1, -0.05) is 51.1 Å². The van der Waals surface area contributed by atoms with Crippen LogP contribution in [0.1, 0.15) is 32.8 Å². The maximum absolute atomic E-state index is 12.0. The van der Waals surface area contributed by atoms with Crippen molar-refractivity contribution in [1.29, 1.82) is 0 Å². The average molecular weight is 326 g/mol. The van der Waals surface area contributed by atoms with Gasteiger partial charge in [0.25, 0.3) is 0 Å². The molecule has 124 valence electrons. The SMILES string of the molecule is CC(C)(C)[C@H](N)C(=O)NCCCS(=O)(=O)Cc1ccccc1. The van der Waals surface area contributed by atoms with E-state index in [9.17, 15) is 13.2 Å². The molecule has 0 saturated heterocycles. The molecule has 22 heavy (non-hydrogen) atoms. The van der Waals surface area contributed by atoms with Crippen LogP contribution in [0.15, 0.2) is 30.3 Å². The standard InChI is InChI=1S/C16H26N2O3S/c1-16(2,3)14(17)15(19)18-10-7-11-22(20,21)12-13-8-5-4-6-9-13/h4-6,8-9,14H,7,10-12,17H2,1-3H3,(H,18,19)/t14-/m1/s1. The van der Waals surface area contributed by atoms with E-state index in [1.54, 1.807) is 12.1 Å². The topological polar surface area (TPSA) is 89.3 Å². The van der Waals surface area contributed by atoms with Gasteiger partial charge in [0.2, 0.25) is 5.91 Å².